The lowest BCUT2D eigenvalue weighted by Crippen LogP contribution is -2.20. The molecule has 29 heavy (non-hydrogen) atoms. The van der Waals surface area contributed by atoms with E-state index in [0.717, 1.165) is 23.4 Å². The van der Waals surface area contributed by atoms with Crippen LogP contribution in [0.15, 0.2) is 60.7 Å². The number of carbonyl (C=O) groups is 2. The molecule has 0 radical (unpaired) electrons. The molecule has 2 aromatic carbocycles. The Hall–Kier alpha value is -2.98. The second-order valence-electron chi connectivity index (χ2n) is 7.19. The minimum absolute atomic E-state index is 0.163. The molecule has 152 valence electrons. The highest BCUT2D eigenvalue weighted by molar-refractivity contribution is 6.13. The van der Waals surface area contributed by atoms with Crippen LogP contribution in [-0.2, 0) is 16.1 Å². The highest BCUT2D eigenvalue weighted by Crippen LogP contribution is 2.15. The molecule has 0 spiro atoms. The van der Waals surface area contributed by atoms with E-state index in [2.05, 4.69) is 5.32 Å². The number of carbonyl (C=O) groups excluding carboxylic acids is 2. The van der Waals surface area contributed by atoms with Gasteiger partial charge in [0, 0.05) is 26.3 Å². The highest BCUT2D eigenvalue weighted by atomic mass is 16.1. The molecular weight excluding hydrogens is 360 g/mol. The molecule has 4 nitrogen and oxygen atoms in total. The molecule has 0 heterocycles. The summed E-state index contributed by atoms with van der Waals surface area (Å²) in [5.74, 6) is -0.972. The van der Waals surface area contributed by atoms with Crippen molar-refractivity contribution < 1.29 is 9.59 Å². The number of ketones is 2. The first kappa shape index (κ1) is 22.3. The average Bonchev–Trinajstić information content (AvgIpc) is 2.72. The van der Waals surface area contributed by atoms with Gasteiger partial charge in [0.25, 0.3) is 0 Å². The second-order valence-corrected chi connectivity index (χ2v) is 7.19. The summed E-state index contributed by atoms with van der Waals surface area (Å²) in [6.07, 6.45) is 7.04. The van der Waals surface area contributed by atoms with Crippen molar-refractivity contribution in [3.63, 3.8) is 0 Å². The van der Waals surface area contributed by atoms with Gasteiger partial charge in [0.2, 0.25) is 0 Å². The molecule has 4 heteroatoms. The minimum Gasteiger partial charge on any atom is -0.378 e. The molecule has 0 aliphatic heterocycles. The zero-order chi connectivity index (χ0) is 21.2. The monoisotopic (exact) mass is 390 g/mol. The van der Waals surface area contributed by atoms with Crippen LogP contribution in [0.4, 0.5) is 5.69 Å². The van der Waals surface area contributed by atoms with E-state index in [0.29, 0.717) is 6.42 Å². The van der Waals surface area contributed by atoms with Crippen LogP contribution in [0.3, 0.4) is 0 Å². The van der Waals surface area contributed by atoms with Gasteiger partial charge >= 0.3 is 0 Å². The molecule has 1 atom stereocenters. The quantitative estimate of drug-likeness (QED) is 0.484. The summed E-state index contributed by atoms with van der Waals surface area (Å²) >= 11 is 0. The maximum Gasteiger partial charge on any atom is 0.166 e. The van der Waals surface area contributed by atoms with E-state index in [1.807, 2.05) is 81.5 Å². The molecule has 0 fully saturated rings. The number of hydrogen-bond donors (Lipinski definition) is 1. The molecule has 0 saturated carbocycles. The van der Waals surface area contributed by atoms with Crippen LogP contribution in [0.2, 0.25) is 0 Å². The summed E-state index contributed by atoms with van der Waals surface area (Å²) in [4.78, 5) is 27.1. The first-order chi connectivity index (χ1) is 13.9. The van der Waals surface area contributed by atoms with Crippen molar-refractivity contribution in [2.75, 3.05) is 26.0 Å². The topological polar surface area (TPSA) is 49.4 Å². The lowest BCUT2D eigenvalue weighted by Gasteiger charge is -2.11. The fourth-order valence-corrected chi connectivity index (χ4v) is 2.97. The Morgan fingerprint density at radius 1 is 0.897 bits per heavy atom. The lowest BCUT2D eigenvalue weighted by atomic mass is 9.94. The predicted octanol–water partition coefficient (Wildman–Crippen LogP) is 4.36. The summed E-state index contributed by atoms with van der Waals surface area (Å²) in [5, 5.41) is 3.10. The molecule has 0 aliphatic carbocycles. The third-order valence-corrected chi connectivity index (χ3v) is 4.75. The molecule has 0 aliphatic rings. The van der Waals surface area contributed by atoms with Gasteiger partial charge in [-0.2, -0.15) is 0 Å². The van der Waals surface area contributed by atoms with E-state index in [-0.39, 0.29) is 11.6 Å². The zero-order valence-electron chi connectivity index (χ0n) is 17.7. The molecule has 2 rings (SSSR count). The van der Waals surface area contributed by atoms with Crippen molar-refractivity contribution in [3.05, 3.63) is 77.4 Å². The van der Waals surface area contributed by atoms with Crippen molar-refractivity contribution in [1.29, 1.82) is 0 Å². The van der Waals surface area contributed by atoms with Gasteiger partial charge in [0.1, 0.15) is 0 Å². The Morgan fingerprint density at radius 2 is 1.38 bits per heavy atom. The number of hydrogen-bond acceptors (Lipinski definition) is 4. The molecule has 0 bridgehead atoms. The average molecular weight is 391 g/mol. The summed E-state index contributed by atoms with van der Waals surface area (Å²) < 4.78 is 0. The summed E-state index contributed by atoms with van der Waals surface area (Å²) in [6, 6.07) is 15.9. The van der Waals surface area contributed by atoms with Gasteiger partial charge in [-0.1, -0.05) is 55.5 Å². The van der Waals surface area contributed by atoms with E-state index in [4.69, 9.17) is 0 Å². The third-order valence-electron chi connectivity index (χ3n) is 4.75. The van der Waals surface area contributed by atoms with Crippen LogP contribution in [-0.4, -0.2) is 32.7 Å². The molecule has 1 N–H and O–H groups in total. The molecular formula is C25H30N2O2. The number of nitrogens with zero attached hydrogens (tertiary/aromatic N) is 1. The van der Waals surface area contributed by atoms with Gasteiger partial charge in [0.05, 0.1) is 5.92 Å². The van der Waals surface area contributed by atoms with E-state index in [1.165, 1.54) is 17.7 Å². The first-order valence-corrected chi connectivity index (χ1v) is 9.89. The first-order valence-electron chi connectivity index (χ1n) is 9.89. The number of allylic oxidation sites excluding steroid dienone is 2. The Kier molecular flexibility index (Phi) is 8.56. The SMILES string of the molecule is CCC(C(=O)/C=C/c1ccc(CNC)cc1)C(=O)/C=C/c1ccc(N(C)C)cc1. The normalized spacial score (nSPS) is 12.4. The van der Waals surface area contributed by atoms with Crippen molar-refractivity contribution in [3.8, 4) is 0 Å². The Bertz CT molecular complexity index is 863. The van der Waals surface area contributed by atoms with E-state index in [1.54, 1.807) is 12.2 Å². The highest BCUT2D eigenvalue weighted by Gasteiger charge is 2.20. The number of nitrogens with one attached hydrogen (secondary N) is 1. The van der Waals surface area contributed by atoms with E-state index >= 15 is 0 Å². The van der Waals surface area contributed by atoms with Gasteiger partial charge in [-0.15, -0.1) is 0 Å². The van der Waals surface area contributed by atoms with Crippen molar-refractivity contribution in [2.45, 2.75) is 19.9 Å². The second kappa shape index (κ2) is 11.1. The smallest absolute Gasteiger partial charge is 0.166 e. The maximum atomic E-state index is 12.5. The summed E-state index contributed by atoms with van der Waals surface area (Å²) in [6.45, 7) is 2.67. The number of anilines is 1. The Balaban J connectivity index is 2.00. The van der Waals surface area contributed by atoms with Crippen LogP contribution < -0.4 is 10.2 Å². The minimum atomic E-state index is -0.646. The van der Waals surface area contributed by atoms with Crippen LogP contribution in [0, 0.1) is 5.92 Å². The van der Waals surface area contributed by atoms with Crippen molar-refractivity contribution >= 4 is 29.4 Å². The molecule has 2 aromatic rings. The van der Waals surface area contributed by atoms with Gasteiger partial charge in [-0.05, 0) is 54.4 Å². The van der Waals surface area contributed by atoms with Crippen LogP contribution in [0.5, 0.6) is 0 Å². The van der Waals surface area contributed by atoms with Gasteiger partial charge in [-0.25, -0.2) is 0 Å². The van der Waals surface area contributed by atoms with Crippen molar-refractivity contribution in [2.24, 2.45) is 5.92 Å². The van der Waals surface area contributed by atoms with Crippen LogP contribution in [0.25, 0.3) is 12.2 Å². The van der Waals surface area contributed by atoms with Crippen LogP contribution in [0.1, 0.15) is 30.0 Å². The Morgan fingerprint density at radius 3 is 1.79 bits per heavy atom. The maximum absolute atomic E-state index is 12.5. The van der Waals surface area contributed by atoms with E-state index < -0.39 is 5.92 Å². The zero-order valence-corrected chi connectivity index (χ0v) is 17.7. The number of benzene rings is 2. The summed E-state index contributed by atoms with van der Waals surface area (Å²) in [7, 11) is 5.87. The fraction of sp³-hybridized carbons (Fsp3) is 0.280. The molecule has 0 aromatic heterocycles. The predicted molar refractivity (Wildman–Crippen MR) is 122 cm³/mol. The molecule has 0 saturated heterocycles. The van der Waals surface area contributed by atoms with Crippen LogP contribution >= 0.6 is 0 Å². The van der Waals surface area contributed by atoms with Gasteiger partial charge in [0.15, 0.2) is 11.6 Å². The van der Waals surface area contributed by atoms with E-state index in [9.17, 15) is 9.59 Å². The third kappa shape index (κ3) is 6.84. The summed E-state index contributed by atoms with van der Waals surface area (Å²) in [5.41, 5.74) is 4.15. The van der Waals surface area contributed by atoms with Crippen molar-refractivity contribution in [1.82, 2.24) is 5.32 Å². The lowest BCUT2D eigenvalue weighted by molar-refractivity contribution is -0.127. The Labute approximate surface area is 173 Å². The standard InChI is InChI=1S/C25H30N2O2/c1-5-23(24(28)16-12-19-6-8-21(9-7-19)18-26-2)25(29)17-13-20-10-14-22(15-11-20)27(3)4/h6-17,23,26H,5,18H2,1-4H3/b16-12+,17-13+. The molecule has 1 unspecified atom stereocenters. The molecule has 0 amide bonds. The van der Waals surface area contributed by atoms with Gasteiger partial charge in [-0.3, -0.25) is 9.59 Å². The van der Waals surface area contributed by atoms with Gasteiger partial charge < -0.3 is 10.2 Å². The fourth-order valence-electron chi connectivity index (χ4n) is 2.97. The number of rotatable bonds is 10. The largest absolute Gasteiger partial charge is 0.378 e.